The molecule has 2 nitrogen and oxygen atoms in total. The predicted molar refractivity (Wildman–Crippen MR) is 67.9 cm³/mol. The Morgan fingerprint density at radius 1 is 1.38 bits per heavy atom. The summed E-state index contributed by atoms with van der Waals surface area (Å²) in [6.45, 7) is 6.66. The zero-order chi connectivity index (χ0) is 11.8. The predicted octanol–water partition coefficient (Wildman–Crippen LogP) is 3.30. The molecule has 1 unspecified atom stereocenters. The highest BCUT2D eigenvalue weighted by atomic mass is 28.4. The number of allylic oxidation sites excluding steroid dienone is 1. The van der Waals surface area contributed by atoms with E-state index in [1.54, 1.807) is 6.08 Å². The van der Waals surface area contributed by atoms with Crippen molar-refractivity contribution in [2.24, 2.45) is 5.92 Å². The highest BCUT2D eigenvalue weighted by Gasteiger charge is 2.45. The Kier molecular flexibility index (Phi) is 3.10. The van der Waals surface area contributed by atoms with Crippen molar-refractivity contribution in [3.8, 4) is 0 Å². The summed E-state index contributed by atoms with van der Waals surface area (Å²) in [4.78, 5) is 11.7. The van der Waals surface area contributed by atoms with Crippen LogP contribution in [0.1, 0.15) is 32.1 Å². The van der Waals surface area contributed by atoms with Crippen LogP contribution in [0.25, 0.3) is 0 Å². The number of rotatable bonds is 2. The van der Waals surface area contributed by atoms with Crippen LogP contribution in [0.5, 0.6) is 0 Å². The first-order valence-electron chi connectivity index (χ1n) is 6.33. The van der Waals surface area contributed by atoms with Gasteiger partial charge in [0.25, 0.3) is 0 Å². The van der Waals surface area contributed by atoms with Gasteiger partial charge in [-0.1, -0.05) is 18.9 Å². The molecule has 0 N–H and O–H groups in total. The molecule has 2 aliphatic rings. The Morgan fingerprint density at radius 3 is 2.81 bits per heavy atom. The number of hydrogen-bond acceptors (Lipinski definition) is 2. The third-order valence-corrected chi connectivity index (χ3v) is 4.56. The van der Waals surface area contributed by atoms with Crippen molar-refractivity contribution in [3.63, 3.8) is 0 Å². The van der Waals surface area contributed by atoms with E-state index in [9.17, 15) is 4.79 Å². The summed E-state index contributed by atoms with van der Waals surface area (Å²) >= 11 is 0. The van der Waals surface area contributed by atoms with Crippen LogP contribution in [0.2, 0.25) is 19.6 Å². The highest BCUT2D eigenvalue weighted by Crippen LogP contribution is 2.44. The van der Waals surface area contributed by atoms with Crippen molar-refractivity contribution >= 4 is 14.1 Å². The van der Waals surface area contributed by atoms with Gasteiger partial charge in [-0.15, -0.1) is 0 Å². The van der Waals surface area contributed by atoms with Gasteiger partial charge in [-0.05, 0) is 38.6 Å². The molecule has 0 radical (unpaired) electrons. The van der Waals surface area contributed by atoms with Gasteiger partial charge in [0.15, 0.2) is 14.1 Å². The summed E-state index contributed by atoms with van der Waals surface area (Å²) in [7, 11) is -1.58. The molecule has 1 fully saturated rings. The van der Waals surface area contributed by atoms with Gasteiger partial charge in [-0.3, -0.25) is 4.79 Å². The molecule has 3 heteroatoms. The Morgan fingerprint density at radius 2 is 2.12 bits per heavy atom. The molecule has 2 rings (SSSR count). The molecular formula is C13H22O2Si. The van der Waals surface area contributed by atoms with Gasteiger partial charge in [0.1, 0.15) is 0 Å². The fourth-order valence-corrected chi connectivity index (χ4v) is 4.62. The van der Waals surface area contributed by atoms with Crippen LogP contribution < -0.4 is 0 Å². The average molecular weight is 238 g/mol. The van der Waals surface area contributed by atoms with E-state index < -0.39 is 8.32 Å². The van der Waals surface area contributed by atoms with Crippen LogP contribution in [0.3, 0.4) is 0 Å². The second-order valence-corrected chi connectivity index (χ2v) is 10.6. The summed E-state index contributed by atoms with van der Waals surface area (Å²) in [6.07, 6.45) is 9.22. The Hall–Kier alpha value is -0.413. The first-order valence-corrected chi connectivity index (χ1v) is 9.73. The molecule has 0 spiro atoms. The van der Waals surface area contributed by atoms with Crippen LogP contribution in [0.4, 0.5) is 0 Å². The fraction of sp³-hybridized carbons (Fsp3) is 0.769. The van der Waals surface area contributed by atoms with E-state index in [4.69, 9.17) is 4.43 Å². The molecule has 90 valence electrons. The molecular weight excluding hydrogens is 216 g/mol. The lowest BCUT2D eigenvalue weighted by Gasteiger charge is -2.47. The van der Waals surface area contributed by atoms with E-state index in [2.05, 4.69) is 25.7 Å². The minimum atomic E-state index is -1.58. The van der Waals surface area contributed by atoms with E-state index in [0.29, 0.717) is 12.3 Å². The molecule has 1 saturated carbocycles. The van der Waals surface area contributed by atoms with Gasteiger partial charge in [0, 0.05) is 12.3 Å². The molecule has 16 heavy (non-hydrogen) atoms. The number of carbonyl (C=O) groups excluding carboxylic acids is 1. The smallest absolute Gasteiger partial charge is 0.184 e. The summed E-state index contributed by atoms with van der Waals surface area (Å²) in [5.74, 6) is 0.724. The summed E-state index contributed by atoms with van der Waals surface area (Å²) in [5.41, 5.74) is -0.144. The van der Waals surface area contributed by atoms with Gasteiger partial charge >= 0.3 is 0 Å². The molecule has 0 bridgehead atoms. The van der Waals surface area contributed by atoms with E-state index >= 15 is 0 Å². The second-order valence-electron chi connectivity index (χ2n) is 6.13. The van der Waals surface area contributed by atoms with Crippen molar-refractivity contribution in [3.05, 3.63) is 12.2 Å². The summed E-state index contributed by atoms with van der Waals surface area (Å²) in [5, 5.41) is 0. The maximum Gasteiger partial charge on any atom is 0.184 e. The van der Waals surface area contributed by atoms with Gasteiger partial charge in [-0.2, -0.15) is 0 Å². The SMILES string of the molecule is C[Si](C)(C)OC12CCCC[C@H]1C=CC(=O)C2. The van der Waals surface area contributed by atoms with Gasteiger partial charge < -0.3 is 4.43 Å². The quantitative estimate of drug-likeness (QED) is 0.690. The molecule has 0 aromatic rings. The van der Waals surface area contributed by atoms with Crippen molar-refractivity contribution < 1.29 is 9.22 Å². The number of carbonyl (C=O) groups is 1. The first-order chi connectivity index (χ1) is 7.41. The van der Waals surface area contributed by atoms with Crippen molar-refractivity contribution in [2.75, 3.05) is 0 Å². The molecule has 0 aromatic carbocycles. The Bertz CT molecular complexity index is 316. The van der Waals surface area contributed by atoms with E-state index in [1.165, 1.54) is 19.3 Å². The average Bonchev–Trinajstić information content (AvgIpc) is 2.13. The number of ketones is 1. The zero-order valence-electron chi connectivity index (χ0n) is 10.6. The lowest BCUT2D eigenvalue weighted by atomic mass is 9.70. The third kappa shape index (κ3) is 2.46. The molecule has 2 atom stereocenters. The van der Waals surface area contributed by atoms with Crippen LogP contribution in [-0.4, -0.2) is 19.7 Å². The minimum Gasteiger partial charge on any atom is -0.411 e. The molecule has 0 heterocycles. The zero-order valence-corrected chi connectivity index (χ0v) is 11.6. The third-order valence-electron chi connectivity index (χ3n) is 3.54. The van der Waals surface area contributed by atoms with Crippen molar-refractivity contribution in [1.82, 2.24) is 0 Å². The van der Waals surface area contributed by atoms with Gasteiger partial charge in [-0.25, -0.2) is 0 Å². The topological polar surface area (TPSA) is 26.3 Å². The maximum absolute atomic E-state index is 11.7. The fourth-order valence-electron chi connectivity index (χ4n) is 3.08. The molecule has 0 aliphatic heterocycles. The standard InChI is InChI=1S/C13H22O2Si/c1-16(2,3)15-13-9-5-4-6-11(13)7-8-12(14)10-13/h7-8,11H,4-6,9-10H2,1-3H3/t11-,13?/m0/s1. The Balaban J connectivity index is 2.25. The lowest BCUT2D eigenvalue weighted by Crippen LogP contribution is -2.51. The molecule has 0 saturated heterocycles. The normalized spacial score (nSPS) is 34.9. The Labute approximate surface area is 99.2 Å². The van der Waals surface area contributed by atoms with Crippen LogP contribution >= 0.6 is 0 Å². The molecule has 0 aromatic heterocycles. The summed E-state index contributed by atoms with van der Waals surface area (Å²) < 4.78 is 6.41. The number of hydrogen-bond donors (Lipinski definition) is 0. The lowest BCUT2D eigenvalue weighted by molar-refractivity contribution is -0.123. The molecule has 2 aliphatic carbocycles. The number of fused-ring (bicyclic) bond motifs is 1. The second kappa shape index (κ2) is 4.11. The van der Waals surface area contributed by atoms with Crippen LogP contribution in [0.15, 0.2) is 12.2 Å². The van der Waals surface area contributed by atoms with Crippen LogP contribution in [-0.2, 0) is 9.22 Å². The first kappa shape index (κ1) is 12.1. The van der Waals surface area contributed by atoms with E-state index in [0.717, 1.165) is 6.42 Å². The monoisotopic (exact) mass is 238 g/mol. The van der Waals surface area contributed by atoms with Gasteiger partial charge in [0.05, 0.1) is 5.60 Å². The van der Waals surface area contributed by atoms with Crippen molar-refractivity contribution in [1.29, 1.82) is 0 Å². The van der Waals surface area contributed by atoms with E-state index in [-0.39, 0.29) is 11.4 Å². The largest absolute Gasteiger partial charge is 0.411 e. The minimum absolute atomic E-state index is 0.144. The van der Waals surface area contributed by atoms with E-state index in [1.807, 2.05) is 0 Å². The molecule has 0 amide bonds. The maximum atomic E-state index is 11.7. The summed E-state index contributed by atoms with van der Waals surface area (Å²) in [6, 6.07) is 0. The van der Waals surface area contributed by atoms with Gasteiger partial charge in [0.2, 0.25) is 0 Å². The van der Waals surface area contributed by atoms with Crippen LogP contribution in [0, 0.1) is 5.92 Å². The van der Waals surface area contributed by atoms with Crippen molar-refractivity contribution in [2.45, 2.75) is 57.3 Å². The highest BCUT2D eigenvalue weighted by molar-refractivity contribution is 6.69.